The first-order chi connectivity index (χ1) is 9.18. The molecular formula is C13H13N3O3. The highest BCUT2D eigenvalue weighted by atomic mass is 16.6. The lowest BCUT2D eigenvalue weighted by Crippen LogP contribution is -2.13. The average Bonchev–Trinajstić information content (AvgIpc) is 2.46. The lowest BCUT2D eigenvalue weighted by atomic mass is 10.1. The fourth-order valence-corrected chi connectivity index (χ4v) is 1.68. The van der Waals surface area contributed by atoms with E-state index in [2.05, 4.69) is 10.3 Å². The molecule has 1 heterocycles. The number of pyridine rings is 1. The van der Waals surface area contributed by atoms with Crippen LogP contribution in [0.1, 0.15) is 11.7 Å². The SMILES string of the molecule is O=[N+]([O-])c1cnccc1NC[C@@H](O)c1ccccc1. The highest BCUT2D eigenvalue weighted by Gasteiger charge is 2.14. The molecule has 0 saturated heterocycles. The Balaban J connectivity index is 2.05. The first-order valence-electron chi connectivity index (χ1n) is 5.74. The summed E-state index contributed by atoms with van der Waals surface area (Å²) in [6, 6.07) is 10.6. The molecule has 2 rings (SSSR count). The van der Waals surface area contributed by atoms with Gasteiger partial charge in [-0.05, 0) is 11.6 Å². The normalized spacial score (nSPS) is 11.8. The lowest BCUT2D eigenvalue weighted by Gasteiger charge is -2.12. The van der Waals surface area contributed by atoms with Gasteiger partial charge in [-0.1, -0.05) is 30.3 Å². The van der Waals surface area contributed by atoms with Gasteiger partial charge < -0.3 is 10.4 Å². The lowest BCUT2D eigenvalue weighted by molar-refractivity contribution is -0.384. The molecular weight excluding hydrogens is 246 g/mol. The first-order valence-corrected chi connectivity index (χ1v) is 5.74. The van der Waals surface area contributed by atoms with Gasteiger partial charge in [-0.3, -0.25) is 15.1 Å². The maximum absolute atomic E-state index is 10.8. The second kappa shape index (κ2) is 5.92. The van der Waals surface area contributed by atoms with Crippen molar-refractivity contribution in [1.82, 2.24) is 4.98 Å². The van der Waals surface area contributed by atoms with Crippen molar-refractivity contribution < 1.29 is 10.0 Å². The molecule has 6 nitrogen and oxygen atoms in total. The third-order valence-electron chi connectivity index (χ3n) is 2.67. The molecule has 0 bridgehead atoms. The molecule has 0 unspecified atom stereocenters. The molecule has 0 aliphatic carbocycles. The van der Waals surface area contributed by atoms with Crippen molar-refractivity contribution in [2.75, 3.05) is 11.9 Å². The van der Waals surface area contributed by atoms with Crippen LogP contribution in [0.2, 0.25) is 0 Å². The van der Waals surface area contributed by atoms with Crippen molar-refractivity contribution in [2.45, 2.75) is 6.10 Å². The Morgan fingerprint density at radius 1 is 1.32 bits per heavy atom. The summed E-state index contributed by atoms with van der Waals surface area (Å²) in [6.07, 6.45) is 1.91. The Bertz CT molecular complexity index is 560. The number of aromatic nitrogens is 1. The van der Waals surface area contributed by atoms with Gasteiger partial charge in [-0.15, -0.1) is 0 Å². The predicted octanol–water partition coefficient (Wildman–Crippen LogP) is 2.14. The molecule has 0 saturated carbocycles. The summed E-state index contributed by atoms with van der Waals surface area (Å²) in [5, 5.41) is 23.6. The van der Waals surface area contributed by atoms with Crippen LogP contribution in [0.15, 0.2) is 48.8 Å². The molecule has 2 aromatic rings. The highest BCUT2D eigenvalue weighted by molar-refractivity contribution is 5.59. The number of nitrogens with zero attached hydrogens (tertiary/aromatic N) is 2. The Kier molecular flexibility index (Phi) is 4.04. The minimum atomic E-state index is -0.728. The van der Waals surface area contributed by atoms with Crippen LogP contribution in [0.4, 0.5) is 11.4 Å². The molecule has 1 aromatic carbocycles. The van der Waals surface area contributed by atoms with E-state index in [0.717, 1.165) is 5.56 Å². The van der Waals surface area contributed by atoms with E-state index in [9.17, 15) is 15.2 Å². The van der Waals surface area contributed by atoms with Crippen LogP contribution in [0, 0.1) is 10.1 Å². The maximum atomic E-state index is 10.8. The summed E-state index contributed by atoms with van der Waals surface area (Å²) in [5.74, 6) is 0. The third kappa shape index (κ3) is 3.26. The van der Waals surface area contributed by atoms with Crippen LogP contribution in [0.3, 0.4) is 0 Å². The van der Waals surface area contributed by atoms with E-state index in [1.54, 1.807) is 12.1 Å². The molecule has 0 radical (unpaired) electrons. The van der Waals surface area contributed by atoms with Gasteiger partial charge in [0.25, 0.3) is 0 Å². The standard InChI is InChI=1S/C13H13N3O3/c17-13(10-4-2-1-3-5-10)9-15-11-6-7-14-8-12(11)16(18)19/h1-8,13,17H,9H2,(H,14,15)/t13-/m1/s1. The van der Waals surface area contributed by atoms with Crippen molar-refractivity contribution in [1.29, 1.82) is 0 Å². The number of hydrogen-bond donors (Lipinski definition) is 2. The first kappa shape index (κ1) is 13.0. The molecule has 0 fully saturated rings. The number of nitro groups is 1. The number of rotatable bonds is 5. The molecule has 19 heavy (non-hydrogen) atoms. The van der Waals surface area contributed by atoms with Crippen molar-refractivity contribution in [3.63, 3.8) is 0 Å². The van der Waals surface area contributed by atoms with Crippen LogP contribution in [-0.4, -0.2) is 21.6 Å². The minimum Gasteiger partial charge on any atom is -0.387 e. The molecule has 0 spiro atoms. The highest BCUT2D eigenvalue weighted by Crippen LogP contribution is 2.23. The second-order valence-corrected chi connectivity index (χ2v) is 3.96. The molecule has 0 aliphatic heterocycles. The van der Waals surface area contributed by atoms with Gasteiger partial charge in [0.15, 0.2) is 0 Å². The summed E-state index contributed by atoms with van der Waals surface area (Å²) >= 11 is 0. The monoisotopic (exact) mass is 259 g/mol. The number of benzene rings is 1. The summed E-state index contributed by atoms with van der Waals surface area (Å²) in [5.41, 5.74) is 0.990. The summed E-state index contributed by atoms with van der Waals surface area (Å²) < 4.78 is 0. The zero-order valence-electron chi connectivity index (χ0n) is 10.1. The van der Waals surface area contributed by atoms with E-state index in [-0.39, 0.29) is 12.2 Å². The van der Waals surface area contributed by atoms with E-state index in [4.69, 9.17) is 0 Å². The van der Waals surface area contributed by atoms with E-state index in [0.29, 0.717) is 5.69 Å². The van der Waals surface area contributed by atoms with Gasteiger partial charge in [0.05, 0.1) is 11.0 Å². The van der Waals surface area contributed by atoms with Crippen molar-refractivity contribution >= 4 is 11.4 Å². The second-order valence-electron chi connectivity index (χ2n) is 3.96. The van der Waals surface area contributed by atoms with Gasteiger partial charge >= 0.3 is 5.69 Å². The van der Waals surface area contributed by atoms with E-state index in [1.165, 1.54) is 18.5 Å². The molecule has 2 N–H and O–H groups in total. The van der Waals surface area contributed by atoms with Crippen LogP contribution >= 0.6 is 0 Å². The van der Waals surface area contributed by atoms with Crippen LogP contribution in [-0.2, 0) is 0 Å². The molecule has 0 aliphatic rings. The van der Waals surface area contributed by atoms with Gasteiger partial charge in [0.2, 0.25) is 0 Å². The van der Waals surface area contributed by atoms with Crippen LogP contribution < -0.4 is 5.32 Å². The average molecular weight is 259 g/mol. The molecule has 0 amide bonds. The number of anilines is 1. The van der Waals surface area contributed by atoms with Gasteiger partial charge in [0, 0.05) is 12.7 Å². The van der Waals surface area contributed by atoms with Crippen molar-refractivity contribution in [3.05, 3.63) is 64.5 Å². The molecule has 6 heteroatoms. The van der Waals surface area contributed by atoms with E-state index >= 15 is 0 Å². The molecule has 1 atom stereocenters. The van der Waals surface area contributed by atoms with Crippen LogP contribution in [0.25, 0.3) is 0 Å². The van der Waals surface area contributed by atoms with E-state index in [1.807, 2.05) is 18.2 Å². The predicted molar refractivity (Wildman–Crippen MR) is 70.8 cm³/mol. The summed E-state index contributed by atoms with van der Waals surface area (Å²) in [4.78, 5) is 14.0. The maximum Gasteiger partial charge on any atom is 0.310 e. The fourth-order valence-electron chi connectivity index (χ4n) is 1.68. The zero-order chi connectivity index (χ0) is 13.7. The van der Waals surface area contributed by atoms with Crippen molar-refractivity contribution in [3.8, 4) is 0 Å². The third-order valence-corrected chi connectivity index (χ3v) is 2.67. The van der Waals surface area contributed by atoms with Gasteiger partial charge in [-0.25, -0.2) is 0 Å². The van der Waals surface area contributed by atoms with Gasteiger partial charge in [0.1, 0.15) is 11.9 Å². The van der Waals surface area contributed by atoms with Gasteiger partial charge in [-0.2, -0.15) is 0 Å². The van der Waals surface area contributed by atoms with Crippen LogP contribution in [0.5, 0.6) is 0 Å². The largest absolute Gasteiger partial charge is 0.387 e. The number of nitrogens with one attached hydrogen (secondary N) is 1. The number of hydrogen-bond acceptors (Lipinski definition) is 5. The number of aliphatic hydroxyl groups is 1. The van der Waals surface area contributed by atoms with E-state index < -0.39 is 11.0 Å². The quantitative estimate of drug-likeness (QED) is 0.634. The summed E-state index contributed by atoms with van der Waals surface area (Å²) in [7, 11) is 0. The molecule has 98 valence electrons. The number of aliphatic hydroxyl groups excluding tert-OH is 1. The Hall–Kier alpha value is -2.47. The van der Waals surface area contributed by atoms with Crippen molar-refractivity contribution in [2.24, 2.45) is 0 Å². The topological polar surface area (TPSA) is 88.3 Å². The Labute approximate surface area is 109 Å². The summed E-state index contributed by atoms with van der Waals surface area (Å²) in [6.45, 7) is 0.189. The Morgan fingerprint density at radius 3 is 2.74 bits per heavy atom. The zero-order valence-corrected chi connectivity index (χ0v) is 10.1. The Morgan fingerprint density at radius 2 is 2.05 bits per heavy atom. The fraction of sp³-hybridized carbons (Fsp3) is 0.154. The smallest absolute Gasteiger partial charge is 0.310 e. The molecule has 1 aromatic heterocycles. The minimum absolute atomic E-state index is 0.109.